The van der Waals surface area contributed by atoms with Crippen molar-refractivity contribution >= 4 is 5.69 Å². The van der Waals surface area contributed by atoms with E-state index in [1.807, 2.05) is 18.3 Å². The molecule has 0 amide bonds. The summed E-state index contributed by atoms with van der Waals surface area (Å²) < 4.78 is 0. The van der Waals surface area contributed by atoms with Crippen molar-refractivity contribution in [1.29, 1.82) is 0 Å². The smallest absolute Gasteiger partial charge is 0.0702 e. The molecule has 3 rings (SSSR count). The van der Waals surface area contributed by atoms with Crippen LogP contribution in [0.1, 0.15) is 0 Å². The third-order valence-electron chi connectivity index (χ3n) is 3.68. The standard InChI is InChI=1S/C16H19N3/c1-18-9-11-19(12-10-18)15-6-4-5-14(13-15)16-7-2-3-8-17-16/h2-8,13H,9-12H2,1H3. The Hall–Kier alpha value is -1.87. The van der Waals surface area contributed by atoms with Crippen LogP contribution < -0.4 is 4.90 Å². The number of hydrogen-bond acceptors (Lipinski definition) is 3. The summed E-state index contributed by atoms with van der Waals surface area (Å²) in [5, 5.41) is 0. The zero-order valence-electron chi connectivity index (χ0n) is 11.3. The molecule has 3 nitrogen and oxygen atoms in total. The van der Waals surface area contributed by atoms with Crippen LogP contribution >= 0.6 is 0 Å². The summed E-state index contributed by atoms with van der Waals surface area (Å²) in [6.07, 6.45) is 1.85. The first kappa shape index (κ1) is 12.2. The maximum Gasteiger partial charge on any atom is 0.0702 e. The minimum Gasteiger partial charge on any atom is -0.369 e. The van der Waals surface area contributed by atoms with Gasteiger partial charge in [0.25, 0.3) is 0 Å². The van der Waals surface area contributed by atoms with Crippen LogP contribution in [-0.2, 0) is 0 Å². The molecule has 98 valence electrons. The maximum atomic E-state index is 4.42. The van der Waals surface area contributed by atoms with Crippen molar-refractivity contribution in [3.63, 3.8) is 0 Å². The Morgan fingerprint density at radius 1 is 0.947 bits per heavy atom. The molecule has 0 spiro atoms. The largest absolute Gasteiger partial charge is 0.369 e. The molecule has 0 N–H and O–H groups in total. The average molecular weight is 253 g/mol. The van der Waals surface area contributed by atoms with Gasteiger partial charge < -0.3 is 9.80 Å². The van der Waals surface area contributed by atoms with Gasteiger partial charge in [0.15, 0.2) is 0 Å². The summed E-state index contributed by atoms with van der Waals surface area (Å²) >= 11 is 0. The highest BCUT2D eigenvalue weighted by Gasteiger charge is 2.14. The summed E-state index contributed by atoms with van der Waals surface area (Å²) in [6.45, 7) is 4.46. The lowest BCUT2D eigenvalue weighted by molar-refractivity contribution is 0.313. The van der Waals surface area contributed by atoms with E-state index in [9.17, 15) is 0 Å². The lowest BCUT2D eigenvalue weighted by Crippen LogP contribution is -2.44. The molecule has 0 unspecified atom stereocenters. The number of anilines is 1. The zero-order chi connectivity index (χ0) is 13.1. The zero-order valence-corrected chi connectivity index (χ0v) is 11.3. The van der Waals surface area contributed by atoms with Crippen LogP contribution in [0.15, 0.2) is 48.7 Å². The second-order valence-electron chi connectivity index (χ2n) is 5.06. The summed E-state index contributed by atoms with van der Waals surface area (Å²) in [7, 11) is 2.18. The van der Waals surface area contributed by atoms with Crippen molar-refractivity contribution in [3.05, 3.63) is 48.7 Å². The molecule has 1 aliphatic rings. The molecule has 1 aromatic carbocycles. The topological polar surface area (TPSA) is 19.4 Å². The Kier molecular flexibility index (Phi) is 3.47. The van der Waals surface area contributed by atoms with E-state index in [-0.39, 0.29) is 0 Å². The first-order chi connectivity index (χ1) is 9.33. The van der Waals surface area contributed by atoms with Crippen LogP contribution in [0.3, 0.4) is 0 Å². The van der Waals surface area contributed by atoms with Crippen LogP contribution in [0.5, 0.6) is 0 Å². The molecule has 2 heterocycles. The number of aromatic nitrogens is 1. The molecule has 0 aliphatic carbocycles. The fourth-order valence-corrected chi connectivity index (χ4v) is 2.46. The maximum absolute atomic E-state index is 4.42. The van der Waals surface area contributed by atoms with Crippen molar-refractivity contribution in [2.24, 2.45) is 0 Å². The molecular weight excluding hydrogens is 234 g/mol. The van der Waals surface area contributed by atoms with Gasteiger partial charge in [-0.3, -0.25) is 4.98 Å². The lowest BCUT2D eigenvalue weighted by atomic mass is 10.1. The molecule has 3 heteroatoms. The summed E-state index contributed by atoms with van der Waals surface area (Å²) in [5.41, 5.74) is 3.53. The van der Waals surface area contributed by atoms with E-state index in [0.29, 0.717) is 0 Å². The number of pyridine rings is 1. The molecule has 1 aromatic heterocycles. The van der Waals surface area contributed by atoms with Crippen LogP contribution in [0.4, 0.5) is 5.69 Å². The van der Waals surface area contributed by atoms with Gasteiger partial charge in [0.05, 0.1) is 5.69 Å². The van der Waals surface area contributed by atoms with E-state index in [0.717, 1.165) is 31.9 Å². The van der Waals surface area contributed by atoms with Gasteiger partial charge in [-0.1, -0.05) is 18.2 Å². The first-order valence-corrected chi connectivity index (χ1v) is 6.78. The van der Waals surface area contributed by atoms with Crippen molar-refractivity contribution in [2.45, 2.75) is 0 Å². The third kappa shape index (κ3) is 2.76. The minimum atomic E-state index is 1.04. The predicted molar refractivity (Wildman–Crippen MR) is 79.4 cm³/mol. The average Bonchev–Trinajstić information content (AvgIpc) is 2.49. The van der Waals surface area contributed by atoms with E-state index < -0.39 is 0 Å². The first-order valence-electron chi connectivity index (χ1n) is 6.78. The number of likely N-dealkylation sites (N-methyl/N-ethyl adjacent to an activating group) is 1. The Balaban J connectivity index is 1.84. The predicted octanol–water partition coefficient (Wildman–Crippen LogP) is 2.50. The van der Waals surface area contributed by atoms with Crippen molar-refractivity contribution in [3.8, 4) is 11.3 Å². The van der Waals surface area contributed by atoms with Crippen LogP contribution in [0, 0.1) is 0 Å². The molecule has 1 aliphatic heterocycles. The Morgan fingerprint density at radius 2 is 1.79 bits per heavy atom. The number of piperazine rings is 1. The normalized spacial score (nSPS) is 16.6. The van der Waals surface area contributed by atoms with Gasteiger partial charge in [-0.2, -0.15) is 0 Å². The molecule has 0 atom stereocenters. The lowest BCUT2D eigenvalue weighted by Gasteiger charge is -2.34. The molecule has 19 heavy (non-hydrogen) atoms. The molecule has 1 fully saturated rings. The van der Waals surface area contributed by atoms with Crippen molar-refractivity contribution < 1.29 is 0 Å². The van der Waals surface area contributed by atoms with Gasteiger partial charge in [-0.25, -0.2) is 0 Å². The highest BCUT2D eigenvalue weighted by atomic mass is 15.2. The van der Waals surface area contributed by atoms with Crippen LogP contribution in [0.25, 0.3) is 11.3 Å². The SMILES string of the molecule is CN1CCN(c2cccc(-c3ccccn3)c2)CC1. The number of benzene rings is 1. The minimum absolute atomic E-state index is 1.04. The van der Waals surface area contributed by atoms with Gasteiger partial charge in [-0.15, -0.1) is 0 Å². The molecular formula is C16H19N3. The van der Waals surface area contributed by atoms with Crippen LogP contribution in [-0.4, -0.2) is 43.1 Å². The second kappa shape index (κ2) is 5.41. The molecule has 2 aromatic rings. The Bertz CT molecular complexity index is 531. The van der Waals surface area contributed by atoms with E-state index in [2.05, 4.69) is 52.2 Å². The van der Waals surface area contributed by atoms with Gasteiger partial charge in [0.1, 0.15) is 0 Å². The van der Waals surface area contributed by atoms with Gasteiger partial charge in [0, 0.05) is 43.6 Å². The number of nitrogens with zero attached hydrogens (tertiary/aromatic N) is 3. The van der Waals surface area contributed by atoms with Crippen LogP contribution in [0.2, 0.25) is 0 Å². The fraction of sp³-hybridized carbons (Fsp3) is 0.312. The van der Waals surface area contributed by atoms with Gasteiger partial charge in [0.2, 0.25) is 0 Å². The second-order valence-corrected chi connectivity index (χ2v) is 5.06. The quantitative estimate of drug-likeness (QED) is 0.819. The Labute approximate surface area is 114 Å². The van der Waals surface area contributed by atoms with E-state index in [1.165, 1.54) is 11.3 Å². The molecule has 1 saturated heterocycles. The van der Waals surface area contributed by atoms with Gasteiger partial charge in [-0.05, 0) is 31.3 Å². The monoisotopic (exact) mass is 253 g/mol. The van der Waals surface area contributed by atoms with Crippen molar-refractivity contribution in [2.75, 3.05) is 38.1 Å². The molecule has 0 saturated carbocycles. The molecule has 0 bridgehead atoms. The summed E-state index contributed by atoms with van der Waals surface area (Å²) in [6, 6.07) is 14.7. The third-order valence-corrected chi connectivity index (χ3v) is 3.68. The highest BCUT2D eigenvalue weighted by Crippen LogP contribution is 2.23. The molecule has 0 radical (unpaired) electrons. The number of hydrogen-bond donors (Lipinski definition) is 0. The van der Waals surface area contributed by atoms with E-state index >= 15 is 0 Å². The van der Waals surface area contributed by atoms with E-state index in [4.69, 9.17) is 0 Å². The highest BCUT2D eigenvalue weighted by molar-refractivity contribution is 5.65. The van der Waals surface area contributed by atoms with Crippen molar-refractivity contribution in [1.82, 2.24) is 9.88 Å². The Morgan fingerprint density at radius 3 is 2.53 bits per heavy atom. The summed E-state index contributed by atoms with van der Waals surface area (Å²) in [4.78, 5) is 9.25. The van der Waals surface area contributed by atoms with E-state index in [1.54, 1.807) is 0 Å². The van der Waals surface area contributed by atoms with Gasteiger partial charge >= 0.3 is 0 Å². The fourth-order valence-electron chi connectivity index (χ4n) is 2.46. The summed E-state index contributed by atoms with van der Waals surface area (Å²) in [5.74, 6) is 0. The number of rotatable bonds is 2.